The lowest BCUT2D eigenvalue weighted by Crippen LogP contribution is -2.14. The molecule has 0 fully saturated rings. The smallest absolute Gasteiger partial charge is 0.150 e. The van der Waals surface area contributed by atoms with Crippen molar-refractivity contribution in [2.75, 3.05) is 25.2 Å². The van der Waals surface area contributed by atoms with Crippen molar-refractivity contribution in [2.45, 2.75) is 26.2 Å². The highest BCUT2D eigenvalue weighted by atomic mass is 32.2. The molecular weight excluding hydrogens is 276 g/mol. The average Bonchev–Trinajstić information content (AvgIpc) is 2.46. The minimum Gasteiger partial charge on any atom is -0.497 e. The summed E-state index contributed by atoms with van der Waals surface area (Å²) in [6, 6.07) is 7.74. The molecule has 114 valence electrons. The summed E-state index contributed by atoms with van der Waals surface area (Å²) >= 11 is 0. The Morgan fingerprint density at radius 1 is 1.25 bits per heavy atom. The van der Waals surface area contributed by atoms with Crippen molar-refractivity contribution >= 4 is 9.84 Å². The predicted octanol–water partition coefficient (Wildman–Crippen LogP) is 2.06. The van der Waals surface area contributed by atoms with Gasteiger partial charge in [-0.3, -0.25) is 0 Å². The number of aliphatic hydroxyl groups is 1. The molecule has 1 unspecified atom stereocenters. The third kappa shape index (κ3) is 5.92. The lowest BCUT2D eigenvalue weighted by atomic mass is 9.96. The van der Waals surface area contributed by atoms with E-state index in [0.717, 1.165) is 24.2 Å². The number of benzene rings is 1. The van der Waals surface area contributed by atoms with Gasteiger partial charge in [0.2, 0.25) is 0 Å². The fourth-order valence-corrected chi connectivity index (χ4v) is 2.98. The second kappa shape index (κ2) is 8.27. The lowest BCUT2D eigenvalue weighted by molar-refractivity contribution is 0.217. The molecule has 0 aliphatic rings. The maximum absolute atomic E-state index is 11.4. The van der Waals surface area contributed by atoms with Crippen LogP contribution in [0.15, 0.2) is 24.3 Å². The van der Waals surface area contributed by atoms with E-state index in [9.17, 15) is 13.5 Å². The van der Waals surface area contributed by atoms with Crippen LogP contribution in [0.2, 0.25) is 0 Å². The van der Waals surface area contributed by atoms with Crippen molar-refractivity contribution in [3.05, 3.63) is 29.8 Å². The van der Waals surface area contributed by atoms with E-state index in [-0.39, 0.29) is 24.0 Å². The van der Waals surface area contributed by atoms with Crippen LogP contribution in [-0.4, -0.2) is 38.7 Å². The Kier molecular flexibility index (Phi) is 7.02. The number of sulfone groups is 1. The summed E-state index contributed by atoms with van der Waals surface area (Å²) in [4.78, 5) is 0. The van der Waals surface area contributed by atoms with E-state index in [1.165, 1.54) is 0 Å². The Morgan fingerprint density at radius 2 is 1.90 bits per heavy atom. The molecule has 1 N–H and O–H groups in total. The largest absolute Gasteiger partial charge is 0.497 e. The zero-order chi connectivity index (χ0) is 15.0. The summed E-state index contributed by atoms with van der Waals surface area (Å²) in [5.74, 6) is 1.32. The highest BCUT2D eigenvalue weighted by Gasteiger charge is 2.12. The van der Waals surface area contributed by atoms with E-state index >= 15 is 0 Å². The lowest BCUT2D eigenvalue weighted by Gasteiger charge is -2.14. The molecule has 0 aliphatic carbocycles. The molecule has 0 heterocycles. The van der Waals surface area contributed by atoms with Crippen LogP contribution in [0.25, 0.3) is 0 Å². The summed E-state index contributed by atoms with van der Waals surface area (Å²) in [5.41, 5.74) is 1.13. The van der Waals surface area contributed by atoms with E-state index in [2.05, 4.69) is 0 Å². The molecule has 20 heavy (non-hydrogen) atoms. The van der Waals surface area contributed by atoms with E-state index in [1.807, 2.05) is 24.3 Å². The maximum atomic E-state index is 11.4. The maximum Gasteiger partial charge on any atom is 0.150 e. The minimum atomic E-state index is -2.90. The van der Waals surface area contributed by atoms with Gasteiger partial charge in [-0.2, -0.15) is 0 Å². The number of hydrogen-bond acceptors (Lipinski definition) is 4. The summed E-state index contributed by atoms with van der Waals surface area (Å²) in [5, 5.41) is 9.40. The fraction of sp³-hybridized carbons (Fsp3) is 0.600. The Balaban J connectivity index is 2.46. The molecule has 0 spiro atoms. The number of rotatable bonds is 9. The van der Waals surface area contributed by atoms with Crippen LogP contribution >= 0.6 is 0 Å². The molecule has 0 saturated carbocycles. The Labute approximate surface area is 121 Å². The predicted molar refractivity (Wildman–Crippen MR) is 80.8 cm³/mol. The van der Waals surface area contributed by atoms with Crippen LogP contribution in [0, 0.1) is 5.92 Å². The highest BCUT2D eigenvalue weighted by molar-refractivity contribution is 7.91. The van der Waals surface area contributed by atoms with Gasteiger partial charge in [0.15, 0.2) is 0 Å². The van der Waals surface area contributed by atoms with Gasteiger partial charge < -0.3 is 9.84 Å². The van der Waals surface area contributed by atoms with Gasteiger partial charge in [0.25, 0.3) is 0 Å². The van der Waals surface area contributed by atoms with Crippen LogP contribution in [0.4, 0.5) is 0 Å². The van der Waals surface area contributed by atoms with Crippen LogP contribution in [0.5, 0.6) is 5.75 Å². The molecule has 1 aromatic rings. The molecule has 4 nitrogen and oxygen atoms in total. The van der Waals surface area contributed by atoms with E-state index in [0.29, 0.717) is 6.42 Å². The van der Waals surface area contributed by atoms with Crippen molar-refractivity contribution in [3.63, 3.8) is 0 Å². The van der Waals surface area contributed by atoms with Crippen molar-refractivity contribution in [1.29, 1.82) is 0 Å². The van der Waals surface area contributed by atoms with E-state index in [4.69, 9.17) is 4.74 Å². The first-order valence-corrected chi connectivity index (χ1v) is 8.77. The topological polar surface area (TPSA) is 63.6 Å². The third-order valence-electron chi connectivity index (χ3n) is 3.45. The first-order valence-electron chi connectivity index (χ1n) is 6.95. The van der Waals surface area contributed by atoms with Crippen LogP contribution < -0.4 is 4.74 Å². The summed E-state index contributed by atoms with van der Waals surface area (Å²) in [6.45, 7) is 1.74. The van der Waals surface area contributed by atoms with Gasteiger partial charge in [0.1, 0.15) is 15.6 Å². The zero-order valence-corrected chi connectivity index (χ0v) is 13.0. The monoisotopic (exact) mass is 300 g/mol. The van der Waals surface area contributed by atoms with Crippen molar-refractivity contribution < 1.29 is 18.3 Å². The van der Waals surface area contributed by atoms with Crippen LogP contribution in [-0.2, 0) is 16.3 Å². The van der Waals surface area contributed by atoms with Crippen molar-refractivity contribution in [3.8, 4) is 5.75 Å². The highest BCUT2D eigenvalue weighted by Crippen LogP contribution is 2.17. The number of aliphatic hydroxyl groups excluding tert-OH is 1. The summed E-state index contributed by atoms with van der Waals surface area (Å²) in [7, 11) is -1.28. The summed E-state index contributed by atoms with van der Waals surface area (Å²) < 4.78 is 27.9. The molecule has 0 saturated heterocycles. The normalized spacial score (nSPS) is 13.2. The zero-order valence-electron chi connectivity index (χ0n) is 12.2. The molecule has 0 aliphatic heterocycles. The molecule has 0 amide bonds. The van der Waals surface area contributed by atoms with Crippen molar-refractivity contribution in [1.82, 2.24) is 0 Å². The first kappa shape index (κ1) is 17.0. The Morgan fingerprint density at radius 3 is 2.40 bits per heavy atom. The van der Waals surface area contributed by atoms with Gasteiger partial charge in [0.05, 0.1) is 12.9 Å². The van der Waals surface area contributed by atoms with Gasteiger partial charge in [-0.25, -0.2) is 8.42 Å². The molecule has 1 atom stereocenters. The van der Waals surface area contributed by atoms with Crippen molar-refractivity contribution in [2.24, 2.45) is 5.92 Å². The Hall–Kier alpha value is -1.07. The molecule has 1 rings (SSSR count). The van der Waals surface area contributed by atoms with E-state index in [1.54, 1.807) is 14.0 Å². The molecule has 0 bridgehead atoms. The Bertz CT molecular complexity index is 479. The number of hydrogen-bond donors (Lipinski definition) is 1. The number of methoxy groups -OCH3 is 1. The fourth-order valence-electron chi connectivity index (χ4n) is 2.09. The third-order valence-corrected chi connectivity index (χ3v) is 5.24. The van der Waals surface area contributed by atoms with Gasteiger partial charge in [-0.05, 0) is 42.9 Å². The van der Waals surface area contributed by atoms with Gasteiger partial charge >= 0.3 is 0 Å². The van der Waals surface area contributed by atoms with Gasteiger partial charge in [-0.15, -0.1) is 0 Å². The van der Waals surface area contributed by atoms with Crippen LogP contribution in [0.3, 0.4) is 0 Å². The standard InChI is InChI=1S/C15H24O4S/c1-3-20(17,18)10-4-5-14(12-16)11-13-6-8-15(19-2)9-7-13/h6-9,14,16H,3-5,10-12H2,1-2H3. The minimum absolute atomic E-state index is 0.0815. The molecule has 5 heteroatoms. The van der Waals surface area contributed by atoms with Gasteiger partial charge in [-0.1, -0.05) is 19.1 Å². The SMILES string of the molecule is CCS(=O)(=O)CCCC(CO)Cc1ccc(OC)cc1. The molecule has 1 aromatic carbocycles. The summed E-state index contributed by atoms with van der Waals surface area (Å²) in [6.07, 6.45) is 2.09. The molecule has 0 radical (unpaired) electrons. The molecular formula is C15H24O4S. The second-order valence-corrected chi connectivity index (χ2v) is 7.45. The average molecular weight is 300 g/mol. The number of ether oxygens (including phenoxy) is 1. The van der Waals surface area contributed by atoms with Crippen LogP contribution in [0.1, 0.15) is 25.3 Å². The van der Waals surface area contributed by atoms with E-state index < -0.39 is 9.84 Å². The molecule has 0 aromatic heterocycles. The quantitative estimate of drug-likeness (QED) is 0.758. The van der Waals surface area contributed by atoms with Gasteiger partial charge in [0, 0.05) is 12.4 Å². The second-order valence-electron chi connectivity index (χ2n) is 4.98. The first-order chi connectivity index (χ1) is 9.50.